The third-order valence-corrected chi connectivity index (χ3v) is 6.16. The molecule has 0 spiro atoms. The topological polar surface area (TPSA) is 74.6 Å². The van der Waals surface area contributed by atoms with E-state index in [2.05, 4.69) is 6.58 Å². The lowest BCUT2D eigenvalue weighted by molar-refractivity contribution is -0.140. The molecule has 24 heavy (non-hydrogen) atoms. The molecule has 0 aromatic carbocycles. The third-order valence-electron chi connectivity index (χ3n) is 6.16. The Hall–Kier alpha value is -1.52. The highest BCUT2D eigenvalue weighted by atomic mass is 16.3. The van der Waals surface area contributed by atoms with Crippen molar-refractivity contribution in [1.29, 1.82) is 0 Å². The van der Waals surface area contributed by atoms with Crippen molar-refractivity contribution in [2.24, 2.45) is 29.6 Å². The van der Waals surface area contributed by atoms with Gasteiger partial charge in [0.25, 0.3) is 0 Å². The molecule has 6 atom stereocenters. The summed E-state index contributed by atoms with van der Waals surface area (Å²) >= 11 is 0. The summed E-state index contributed by atoms with van der Waals surface area (Å²) in [7, 11) is 0. The van der Waals surface area contributed by atoms with Crippen molar-refractivity contribution in [2.45, 2.75) is 39.2 Å². The number of hydrogen-bond acceptors (Lipinski definition) is 4. The lowest BCUT2D eigenvalue weighted by Gasteiger charge is -2.44. The zero-order valence-corrected chi connectivity index (χ0v) is 14.6. The molecule has 0 aliphatic heterocycles. The molecule has 130 valence electrons. The number of allylic oxidation sites excluding steroid dienone is 2. The SMILES string of the molecule is C=C(C)[C@@H]1C(=O)C[C@@H](C)C2C1C=C(CO)C[C@]1(O)C(=O)C(C)=C[C@@H]21. The van der Waals surface area contributed by atoms with Gasteiger partial charge in [-0.05, 0) is 42.7 Å². The summed E-state index contributed by atoms with van der Waals surface area (Å²) in [4.78, 5) is 25.2. The van der Waals surface area contributed by atoms with Crippen LogP contribution in [0.3, 0.4) is 0 Å². The quantitative estimate of drug-likeness (QED) is 0.761. The second kappa shape index (κ2) is 5.78. The van der Waals surface area contributed by atoms with Crippen molar-refractivity contribution < 1.29 is 19.8 Å². The van der Waals surface area contributed by atoms with Gasteiger partial charge in [-0.3, -0.25) is 9.59 Å². The van der Waals surface area contributed by atoms with E-state index < -0.39 is 5.60 Å². The maximum Gasteiger partial charge on any atom is 0.190 e. The van der Waals surface area contributed by atoms with Gasteiger partial charge < -0.3 is 10.2 Å². The molecule has 3 aliphatic carbocycles. The van der Waals surface area contributed by atoms with E-state index in [4.69, 9.17) is 0 Å². The van der Waals surface area contributed by atoms with Crippen LogP contribution in [0.25, 0.3) is 0 Å². The average molecular weight is 330 g/mol. The predicted octanol–water partition coefficient (Wildman–Crippen LogP) is 2.22. The van der Waals surface area contributed by atoms with E-state index in [9.17, 15) is 19.8 Å². The molecular weight excluding hydrogens is 304 g/mol. The largest absolute Gasteiger partial charge is 0.392 e. The molecule has 0 saturated heterocycles. The summed E-state index contributed by atoms with van der Waals surface area (Å²) < 4.78 is 0. The monoisotopic (exact) mass is 330 g/mol. The summed E-state index contributed by atoms with van der Waals surface area (Å²) in [5.41, 5.74) is 0.536. The number of aliphatic hydroxyl groups is 2. The third kappa shape index (κ3) is 2.35. The van der Waals surface area contributed by atoms with Gasteiger partial charge in [0.1, 0.15) is 11.4 Å². The zero-order chi connectivity index (χ0) is 17.8. The van der Waals surface area contributed by atoms with Crippen molar-refractivity contribution in [3.63, 3.8) is 0 Å². The van der Waals surface area contributed by atoms with Crippen LogP contribution in [0.5, 0.6) is 0 Å². The van der Waals surface area contributed by atoms with Crippen molar-refractivity contribution in [3.8, 4) is 0 Å². The minimum absolute atomic E-state index is 0.0140. The van der Waals surface area contributed by atoms with E-state index in [0.717, 1.165) is 5.57 Å². The van der Waals surface area contributed by atoms with Gasteiger partial charge in [0.15, 0.2) is 5.78 Å². The first kappa shape index (κ1) is 17.3. The standard InChI is InChI=1S/C20H26O4/c1-10(2)17-14-7-13(9-21)8-20(24)15(5-12(4)19(20)23)18(14)11(3)6-16(17)22/h5,7,11,14-15,17-18,21,24H,1,6,8-9H2,2-4H3/t11-,14?,15+,17+,18?,20-/m1/s1. The number of hydrogen-bond donors (Lipinski definition) is 2. The molecule has 1 saturated carbocycles. The van der Waals surface area contributed by atoms with E-state index in [-0.39, 0.29) is 54.2 Å². The van der Waals surface area contributed by atoms with Gasteiger partial charge in [-0.2, -0.15) is 0 Å². The molecule has 3 aliphatic rings. The molecule has 0 amide bonds. The number of aliphatic hydroxyl groups excluding tert-OH is 1. The van der Waals surface area contributed by atoms with Crippen LogP contribution in [-0.2, 0) is 9.59 Å². The van der Waals surface area contributed by atoms with Crippen molar-refractivity contribution >= 4 is 11.6 Å². The zero-order valence-electron chi connectivity index (χ0n) is 14.6. The van der Waals surface area contributed by atoms with E-state index in [1.807, 2.05) is 26.0 Å². The normalized spacial score (nSPS) is 42.0. The van der Waals surface area contributed by atoms with E-state index in [1.54, 1.807) is 6.92 Å². The summed E-state index contributed by atoms with van der Waals surface area (Å²) in [6, 6.07) is 0. The molecule has 0 aromatic heterocycles. The summed E-state index contributed by atoms with van der Waals surface area (Å²) in [6.45, 7) is 9.41. The van der Waals surface area contributed by atoms with Crippen LogP contribution in [0.15, 0.2) is 35.5 Å². The molecular formula is C20H26O4. The van der Waals surface area contributed by atoms with Crippen molar-refractivity contribution in [2.75, 3.05) is 6.61 Å². The van der Waals surface area contributed by atoms with Gasteiger partial charge >= 0.3 is 0 Å². The number of ketones is 2. The average Bonchev–Trinajstić information content (AvgIpc) is 2.64. The molecule has 0 bridgehead atoms. The van der Waals surface area contributed by atoms with Crippen LogP contribution in [0.1, 0.15) is 33.6 Å². The van der Waals surface area contributed by atoms with Gasteiger partial charge in [-0.1, -0.05) is 31.2 Å². The van der Waals surface area contributed by atoms with Crippen LogP contribution >= 0.6 is 0 Å². The van der Waals surface area contributed by atoms with Gasteiger partial charge in [0.2, 0.25) is 0 Å². The summed E-state index contributed by atoms with van der Waals surface area (Å²) in [6.07, 6.45) is 4.40. The number of carbonyl (C=O) groups is 2. The first-order chi connectivity index (χ1) is 11.2. The Morgan fingerprint density at radius 2 is 2.04 bits per heavy atom. The molecule has 0 aromatic rings. The second-order valence-corrected chi connectivity index (χ2v) is 7.92. The predicted molar refractivity (Wildman–Crippen MR) is 91.1 cm³/mol. The van der Waals surface area contributed by atoms with E-state index in [1.165, 1.54) is 0 Å². The first-order valence-electron chi connectivity index (χ1n) is 8.64. The fraction of sp³-hybridized carbons (Fsp3) is 0.600. The Bertz CT molecular complexity index is 671. The highest BCUT2D eigenvalue weighted by Crippen LogP contribution is 2.53. The van der Waals surface area contributed by atoms with Gasteiger partial charge in [-0.15, -0.1) is 0 Å². The maximum atomic E-state index is 12.6. The van der Waals surface area contributed by atoms with Gasteiger partial charge in [0, 0.05) is 24.7 Å². The Kier molecular flexibility index (Phi) is 4.17. The molecule has 2 N–H and O–H groups in total. The highest BCUT2D eigenvalue weighted by molar-refractivity contribution is 6.04. The van der Waals surface area contributed by atoms with E-state index >= 15 is 0 Å². The molecule has 3 rings (SSSR count). The lowest BCUT2D eigenvalue weighted by atomic mass is 9.59. The molecule has 0 radical (unpaired) electrons. The Labute approximate surface area is 142 Å². The Morgan fingerprint density at radius 1 is 1.38 bits per heavy atom. The van der Waals surface area contributed by atoms with Crippen LogP contribution < -0.4 is 0 Å². The minimum atomic E-state index is -1.49. The van der Waals surface area contributed by atoms with Crippen LogP contribution in [0.4, 0.5) is 0 Å². The van der Waals surface area contributed by atoms with Crippen molar-refractivity contribution in [1.82, 2.24) is 0 Å². The lowest BCUT2D eigenvalue weighted by Crippen LogP contribution is -2.50. The fourth-order valence-electron chi connectivity index (χ4n) is 5.19. The number of carbonyl (C=O) groups excluding carboxylic acids is 2. The van der Waals surface area contributed by atoms with Crippen molar-refractivity contribution in [3.05, 3.63) is 35.5 Å². The second-order valence-electron chi connectivity index (χ2n) is 7.92. The molecule has 2 unspecified atom stereocenters. The molecule has 1 fully saturated rings. The Morgan fingerprint density at radius 3 is 2.62 bits per heavy atom. The highest BCUT2D eigenvalue weighted by Gasteiger charge is 2.57. The number of rotatable bonds is 2. The minimum Gasteiger partial charge on any atom is -0.392 e. The Balaban J connectivity index is 2.17. The van der Waals surface area contributed by atoms with Crippen LogP contribution in [-0.4, -0.2) is 34.0 Å². The van der Waals surface area contributed by atoms with Gasteiger partial charge in [0.05, 0.1) is 6.61 Å². The van der Waals surface area contributed by atoms with E-state index in [0.29, 0.717) is 17.6 Å². The molecule has 0 heterocycles. The number of Topliss-reactive ketones (excluding diaryl/α,β-unsaturated/α-hetero) is 2. The summed E-state index contributed by atoms with van der Waals surface area (Å²) in [5.74, 6) is -0.780. The summed E-state index contributed by atoms with van der Waals surface area (Å²) in [5, 5.41) is 21.0. The van der Waals surface area contributed by atoms with Crippen LogP contribution in [0, 0.1) is 29.6 Å². The smallest absolute Gasteiger partial charge is 0.190 e. The van der Waals surface area contributed by atoms with Crippen LogP contribution in [0.2, 0.25) is 0 Å². The molecule has 4 nitrogen and oxygen atoms in total. The maximum absolute atomic E-state index is 12.6. The fourth-order valence-corrected chi connectivity index (χ4v) is 5.19. The first-order valence-corrected chi connectivity index (χ1v) is 8.64. The van der Waals surface area contributed by atoms with Gasteiger partial charge in [-0.25, -0.2) is 0 Å². The molecule has 4 heteroatoms. The number of fused-ring (bicyclic) bond motifs is 3.